The van der Waals surface area contributed by atoms with Gasteiger partial charge < -0.3 is 21.2 Å². The van der Waals surface area contributed by atoms with Gasteiger partial charge in [-0.1, -0.05) is 54.6 Å². The van der Waals surface area contributed by atoms with Crippen LogP contribution in [0.25, 0.3) is 10.9 Å². The number of benzene rings is 4. The molecule has 0 aliphatic rings. The number of fused-ring (bicyclic) bond motifs is 1. The van der Waals surface area contributed by atoms with Crippen LogP contribution in [0.15, 0.2) is 118 Å². The van der Waals surface area contributed by atoms with Gasteiger partial charge >= 0.3 is 0 Å². The number of carbonyl (C=O) groups is 1. The molecule has 0 unspecified atom stereocenters. The van der Waals surface area contributed by atoms with E-state index in [2.05, 4.69) is 10.3 Å². The molecular formula is C44H56N10O14S3. The molecule has 5 aromatic rings. The van der Waals surface area contributed by atoms with E-state index in [1.54, 1.807) is 6.20 Å². The van der Waals surface area contributed by atoms with Crippen LogP contribution >= 0.6 is 0 Å². The second kappa shape index (κ2) is 25.7. The first-order valence-corrected chi connectivity index (χ1v) is 26.8. The molecule has 4 aromatic carbocycles. The molecule has 71 heavy (non-hydrogen) atoms. The number of hydroxylamine groups is 2. The minimum atomic E-state index is -4.70. The number of hydrogen-bond donors (Lipinski definition) is 4. The lowest BCUT2D eigenvalue weighted by molar-refractivity contribution is -0.388. The number of nitrogens with one attached hydrogen (secondary N) is 2. The molecule has 0 spiro atoms. The summed E-state index contributed by atoms with van der Waals surface area (Å²) in [5.74, 6) is -0.224. The Kier molecular flexibility index (Phi) is 20.1. The van der Waals surface area contributed by atoms with Gasteiger partial charge in [-0.15, -0.1) is 0 Å². The molecule has 0 radical (unpaired) electrons. The molecule has 27 heteroatoms. The van der Waals surface area contributed by atoms with E-state index in [4.69, 9.17) is 5.73 Å². The molecule has 5 rings (SSSR count). The van der Waals surface area contributed by atoms with Gasteiger partial charge in [0.1, 0.15) is 0 Å². The molecule has 0 saturated heterocycles. The van der Waals surface area contributed by atoms with E-state index in [0.717, 1.165) is 70.8 Å². The summed E-state index contributed by atoms with van der Waals surface area (Å²) in [6.45, 7) is -1.49. The lowest BCUT2D eigenvalue weighted by Crippen LogP contribution is -2.39. The zero-order chi connectivity index (χ0) is 51.8. The number of nitro groups is 3. The minimum absolute atomic E-state index is 0.000550. The Labute approximate surface area is 410 Å². The van der Waals surface area contributed by atoms with Crippen molar-refractivity contribution in [2.75, 3.05) is 65.4 Å². The third kappa shape index (κ3) is 14.6. The van der Waals surface area contributed by atoms with Crippen molar-refractivity contribution in [2.24, 2.45) is 5.73 Å². The summed E-state index contributed by atoms with van der Waals surface area (Å²) >= 11 is 0. The maximum absolute atomic E-state index is 14.3. The van der Waals surface area contributed by atoms with Crippen molar-refractivity contribution >= 4 is 63.9 Å². The number of amides is 1. The summed E-state index contributed by atoms with van der Waals surface area (Å²) in [6.07, 6.45) is 2.14. The van der Waals surface area contributed by atoms with Crippen LogP contribution in [0, 0.1) is 30.3 Å². The van der Waals surface area contributed by atoms with Crippen LogP contribution in [0.3, 0.4) is 0 Å². The normalized spacial score (nSPS) is 12.3. The standard InChI is InChI=1S/C44H56N10O14S3/c45-23-11-29-49(69(63,64)41-20-6-3-17-38(41)52(57)58)27-9-10-28-50(70(65,66)42-21-7-4-18-39(42)53(59)60)31-14-32-51(71(67,68)43-22-8-5-19-40(43)54(61)62)30-13-26-48(56)25-12-24-46-44(55)33-35-34-47-37-16-2-1-15-36(35)37/h1-8,15-22,34,47,56H,9-14,23-33,45H2,(H,46,55). The van der Waals surface area contributed by atoms with Gasteiger partial charge in [0.05, 0.1) is 21.2 Å². The van der Waals surface area contributed by atoms with Crippen LogP contribution in [-0.4, -0.2) is 140 Å². The van der Waals surface area contributed by atoms with Gasteiger partial charge in [0, 0.05) is 94.2 Å². The van der Waals surface area contributed by atoms with Crippen LogP contribution in [0.2, 0.25) is 0 Å². The molecule has 1 heterocycles. The quantitative estimate of drug-likeness (QED) is 0.0267. The second-order valence-corrected chi connectivity index (χ2v) is 21.9. The summed E-state index contributed by atoms with van der Waals surface area (Å²) in [5.41, 5.74) is 5.30. The maximum atomic E-state index is 14.3. The van der Waals surface area contributed by atoms with Crippen molar-refractivity contribution < 1.29 is 50.0 Å². The van der Waals surface area contributed by atoms with Gasteiger partial charge in [0.25, 0.3) is 17.1 Å². The zero-order valence-electron chi connectivity index (χ0n) is 38.5. The molecule has 384 valence electrons. The van der Waals surface area contributed by atoms with Crippen molar-refractivity contribution in [1.29, 1.82) is 0 Å². The monoisotopic (exact) mass is 1040 g/mol. The Morgan fingerprint density at radius 2 is 0.930 bits per heavy atom. The van der Waals surface area contributed by atoms with Crippen molar-refractivity contribution in [1.82, 2.24) is 28.3 Å². The van der Waals surface area contributed by atoms with Crippen LogP contribution in [0.5, 0.6) is 0 Å². The maximum Gasteiger partial charge on any atom is 0.289 e. The van der Waals surface area contributed by atoms with Crippen LogP contribution in [-0.2, 0) is 41.3 Å². The van der Waals surface area contributed by atoms with Crippen molar-refractivity contribution in [3.63, 3.8) is 0 Å². The van der Waals surface area contributed by atoms with E-state index in [1.807, 2.05) is 24.3 Å². The lowest BCUT2D eigenvalue weighted by Gasteiger charge is -2.26. The Morgan fingerprint density at radius 1 is 0.549 bits per heavy atom. The van der Waals surface area contributed by atoms with Crippen LogP contribution in [0.4, 0.5) is 17.1 Å². The highest BCUT2D eigenvalue weighted by Crippen LogP contribution is 2.30. The van der Waals surface area contributed by atoms with Gasteiger partial charge in [-0.2, -0.15) is 18.0 Å². The number of rotatable bonds is 31. The third-order valence-corrected chi connectivity index (χ3v) is 17.1. The number of carbonyl (C=O) groups excluding carboxylic acids is 1. The third-order valence-electron chi connectivity index (χ3n) is 11.3. The number of aromatic nitrogens is 1. The average molecular weight is 1050 g/mol. The summed E-state index contributed by atoms with van der Waals surface area (Å²) in [7, 11) is -13.8. The highest BCUT2D eigenvalue weighted by atomic mass is 32.2. The van der Waals surface area contributed by atoms with Crippen molar-refractivity contribution in [3.05, 3.63) is 139 Å². The average Bonchev–Trinajstić information content (AvgIpc) is 3.75. The molecule has 0 atom stereocenters. The number of nitrogens with zero attached hydrogens (tertiary/aromatic N) is 7. The number of unbranched alkanes of at least 4 members (excludes halogenated alkanes) is 1. The first-order valence-electron chi connectivity index (χ1n) is 22.5. The number of H-pyrrole nitrogens is 1. The number of nitro benzene ring substituents is 3. The fourth-order valence-electron chi connectivity index (χ4n) is 7.76. The molecule has 0 aliphatic heterocycles. The highest BCUT2D eigenvalue weighted by molar-refractivity contribution is 7.89. The Bertz CT molecular complexity index is 2990. The van der Waals surface area contributed by atoms with E-state index < -0.39 is 89.7 Å². The molecule has 1 amide bonds. The lowest BCUT2D eigenvalue weighted by atomic mass is 10.1. The smallest absolute Gasteiger partial charge is 0.289 e. The van der Waals surface area contributed by atoms with E-state index in [0.29, 0.717) is 6.42 Å². The van der Waals surface area contributed by atoms with Crippen molar-refractivity contribution in [3.8, 4) is 0 Å². The predicted octanol–water partition coefficient (Wildman–Crippen LogP) is 4.61. The Balaban J connectivity index is 1.29. The molecule has 0 saturated carbocycles. The molecule has 5 N–H and O–H groups in total. The first-order chi connectivity index (χ1) is 33.8. The minimum Gasteiger partial charge on any atom is -0.361 e. The first kappa shape index (κ1) is 55.6. The molecule has 1 aromatic heterocycles. The fraction of sp³-hybridized carbons (Fsp3) is 0.386. The van der Waals surface area contributed by atoms with E-state index >= 15 is 0 Å². The summed E-state index contributed by atoms with van der Waals surface area (Å²) in [5, 5.41) is 51.1. The highest BCUT2D eigenvalue weighted by Gasteiger charge is 2.35. The number of aromatic amines is 1. The molecule has 0 aliphatic carbocycles. The predicted molar refractivity (Wildman–Crippen MR) is 261 cm³/mol. The van der Waals surface area contributed by atoms with Gasteiger partial charge in [-0.25, -0.2) is 25.3 Å². The largest absolute Gasteiger partial charge is 0.361 e. The Morgan fingerprint density at radius 3 is 1.38 bits per heavy atom. The van der Waals surface area contributed by atoms with Crippen molar-refractivity contribution in [2.45, 2.75) is 59.6 Å². The number of nitrogens with two attached hydrogens (primary N) is 1. The van der Waals surface area contributed by atoms with Crippen LogP contribution in [0.1, 0.15) is 44.1 Å². The summed E-state index contributed by atoms with van der Waals surface area (Å²) < 4.78 is 87.3. The molecule has 24 nitrogen and oxygen atoms in total. The number of para-hydroxylation sites is 4. The van der Waals surface area contributed by atoms with Gasteiger partial charge in [0.15, 0.2) is 14.7 Å². The second-order valence-electron chi connectivity index (χ2n) is 16.1. The Hall–Kier alpha value is -6.30. The van der Waals surface area contributed by atoms with Gasteiger partial charge in [-0.05, 0) is 74.9 Å². The topological polar surface area (TPSA) is 336 Å². The number of sulfonamides is 3. The summed E-state index contributed by atoms with van der Waals surface area (Å²) in [4.78, 5) is 47.1. The van der Waals surface area contributed by atoms with Gasteiger partial charge in [-0.3, -0.25) is 35.1 Å². The van der Waals surface area contributed by atoms with E-state index in [-0.39, 0.29) is 96.8 Å². The zero-order valence-corrected chi connectivity index (χ0v) is 41.0. The van der Waals surface area contributed by atoms with Crippen LogP contribution < -0.4 is 11.1 Å². The number of hydrogen-bond acceptors (Lipinski definition) is 16. The summed E-state index contributed by atoms with van der Waals surface area (Å²) in [6, 6.07) is 21.6. The van der Waals surface area contributed by atoms with Gasteiger partial charge in [0.2, 0.25) is 36.0 Å². The molecule has 0 bridgehead atoms. The SMILES string of the molecule is NCCCN(CCCCN(CCCN(CCCN(O)CCCNC(=O)Cc1c[nH]c2ccccc12)S(=O)(=O)c1ccccc1[N+](=O)[O-])S(=O)(=O)c1ccccc1[N+](=O)[O-])S(=O)(=O)c1ccccc1[N+](=O)[O-]. The molecule has 0 fully saturated rings. The van der Waals surface area contributed by atoms with E-state index in [1.165, 1.54) is 36.4 Å². The fourth-order valence-corrected chi connectivity index (χ4v) is 12.8. The van der Waals surface area contributed by atoms with E-state index in [9.17, 15) is 65.6 Å². The molecular weight excluding hydrogens is 989 g/mol.